The second-order valence-electron chi connectivity index (χ2n) is 5.23. The molecule has 1 aromatic rings. The summed E-state index contributed by atoms with van der Waals surface area (Å²) in [6.45, 7) is 1.94. The van der Waals surface area contributed by atoms with Crippen LogP contribution in [0.25, 0.3) is 0 Å². The van der Waals surface area contributed by atoms with Crippen molar-refractivity contribution in [2.24, 2.45) is 5.92 Å². The number of methoxy groups -OCH3 is 1. The van der Waals surface area contributed by atoms with Gasteiger partial charge in [-0.1, -0.05) is 11.6 Å². The minimum Gasteiger partial charge on any atom is -0.495 e. The first-order valence-electron chi connectivity index (χ1n) is 6.97. The molecule has 0 radical (unpaired) electrons. The average Bonchev–Trinajstić information content (AvgIpc) is 2.48. The molecule has 1 aromatic carbocycles. The molecule has 0 amide bonds. The molecule has 0 unspecified atom stereocenters. The Morgan fingerprint density at radius 1 is 1.48 bits per heavy atom. The van der Waals surface area contributed by atoms with Crippen molar-refractivity contribution in [3.63, 3.8) is 0 Å². The van der Waals surface area contributed by atoms with Gasteiger partial charge in [-0.15, -0.1) is 0 Å². The molecule has 1 atom stereocenters. The van der Waals surface area contributed by atoms with E-state index in [2.05, 4.69) is 5.32 Å². The third kappa shape index (κ3) is 3.69. The Bertz CT molecular complexity index is 590. The zero-order valence-electron chi connectivity index (χ0n) is 12.3. The molecule has 0 aromatic heterocycles. The number of sulfonamides is 1. The molecule has 118 valence electrons. The highest BCUT2D eigenvalue weighted by atomic mass is 35.5. The molecule has 21 heavy (non-hydrogen) atoms. The summed E-state index contributed by atoms with van der Waals surface area (Å²) in [7, 11) is -0.107. The Morgan fingerprint density at radius 2 is 2.24 bits per heavy atom. The molecule has 0 spiro atoms. The topological polar surface area (TPSA) is 58.6 Å². The Balaban J connectivity index is 2.23. The Hall–Kier alpha value is -0.820. The highest BCUT2D eigenvalue weighted by Crippen LogP contribution is 2.30. The molecule has 1 saturated heterocycles. The first-order chi connectivity index (χ1) is 9.98. The molecule has 2 rings (SSSR count). The van der Waals surface area contributed by atoms with Crippen LogP contribution in [-0.2, 0) is 10.0 Å². The van der Waals surface area contributed by atoms with Gasteiger partial charge in [-0.3, -0.25) is 0 Å². The summed E-state index contributed by atoms with van der Waals surface area (Å²) in [5.41, 5.74) is 0. The van der Waals surface area contributed by atoms with Gasteiger partial charge in [-0.25, -0.2) is 8.42 Å². The minimum absolute atomic E-state index is 0.221. The van der Waals surface area contributed by atoms with Crippen LogP contribution in [0.3, 0.4) is 0 Å². The predicted molar refractivity (Wildman–Crippen MR) is 83.4 cm³/mol. The van der Waals surface area contributed by atoms with Gasteiger partial charge in [-0.05, 0) is 50.6 Å². The van der Waals surface area contributed by atoms with Crippen molar-refractivity contribution in [3.05, 3.63) is 23.2 Å². The van der Waals surface area contributed by atoms with Gasteiger partial charge in [0.25, 0.3) is 0 Å². The summed E-state index contributed by atoms with van der Waals surface area (Å²) in [6.07, 6.45) is 1.94. The lowest BCUT2D eigenvalue weighted by molar-refractivity contribution is 0.263. The zero-order chi connectivity index (χ0) is 15.5. The van der Waals surface area contributed by atoms with E-state index < -0.39 is 10.0 Å². The van der Waals surface area contributed by atoms with Crippen molar-refractivity contribution in [1.82, 2.24) is 9.62 Å². The van der Waals surface area contributed by atoms with Gasteiger partial charge in [-0.2, -0.15) is 4.31 Å². The molecule has 7 heteroatoms. The second-order valence-corrected chi connectivity index (χ2v) is 7.57. The maximum absolute atomic E-state index is 12.7. The third-order valence-corrected chi connectivity index (χ3v) is 5.89. The van der Waals surface area contributed by atoms with Gasteiger partial charge < -0.3 is 10.1 Å². The summed E-state index contributed by atoms with van der Waals surface area (Å²) in [4.78, 5) is 0.221. The second kappa shape index (κ2) is 6.96. The molecule has 1 N–H and O–H groups in total. The van der Waals surface area contributed by atoms with Crippen molar-refractivity contribution in [3.8, 4) is 5.75 Å². The lowest BCUT2D eigenvalue weighted by Crippen LogP contribution is -2.42. The first-order valence-corrected chi connectivity index (χ1v) is 8.79. The lowest BCUT2D eigenvalue weighted by atomic mass is 10.00. The third-order valence-electron chi connectivity index (χ3n) is 3.74. The van der Waals surface area contributed by atoms with E-state index in [-0.39, 0.29) is 4.90 Å². The maximum atomic E-state index is 12.7. The molecule has 0 bridgehead atoms. The van der Waals surface area contributed by atoms with Gasteiger partial charge in [0.2, 0.25) is 10.0 Å². The van der Waals surface area contributed by atoms with Crippen molar-refractivity contribution >= 4 is 21.6 Å². The lowest BCUT2D eigenvalue weighted by Gasteiger charge is -2.31. The van der Waals surface area contributed by atoms with Crippen molar-refractivity contribution < 1.29 is 13.2 Å². The monoisotopic (exact) mass is 332 g/mol. The van der Waals surface area contributed by atoms with Crippen molar-refractivity contribution in [1.29, 1.82) is 0 Å². The number of hydrogen-bond acceptors (Lipinski definition) is 4. The zero-order valence-corrected chi connectivity index (χ0v) is 13.9. The number of benzene rings is 1. The molecule has 1 aliphatic heterocycles. The van der Waals surface area contributed by atoms with Gasteiger partial charge in [0.05, 0.1) is 17.0 Å². The fourth-order valence-electron chi connectivity index (χ4n) is 2.66. The smallest absolute Gasteiger partial charge is 0.243 e. The summed E-state index contributed by atoms with van der Waals surface area (Å²) >= 11 is 6.03. The summed E-state index contributed by atoms with van der Waals surface area (Å²) in [6, 6.07) is 4.59. The molecular formula is C14H21ClN2O3S. The van der Waals surface area contributed by atoms with Crippen LogP contribution in [0.5, 0.6) is 5.75 Å². The Morgan fingerprint density at radius 3 is 2.86 bits per heavy atom. The number of piperidine rings is 1. The SMILES string of the molecule is CNC[C@@H]1CCCN(S(=O)(=O)c2ccc(OC)c(Cl)c2)C1. The maximum Gasteiger partial charge on any atom is 0.243 e. The van der Waals surface area contributed by atoms with E-state index in [1.807, 2.05) is 7.05 Å². The number of nitrogens with zero attached hydrogens (tertiary/aromatic N) is 1. The van der Waals surface area contributed by atoms with Crippen LogP contribution in [0, 0.1) is 5.92 Å². The van der Waals surface area contributed by atoms with E-state index in [9.17, 15) is 8.42 Å². The van der Waals surface area contributed by atoms with Gasteiger partial charge in [0.15, 0.2) is 0 Å². The largest absolute Gasteiger partial charge is 0.495 e. The Kier molecular flexibility index (Phi) is 5.48. The number of hydrogen-bond donors (Lipinski definition) is 1. The number of ether oxygens (including phenoxy) is 1. The number of halogens is 1. The standard InChI is InChI=1S/C14H21ClN2O3S/c1-16-9-11-4-3-7-17(10-11)21(18,19)12-5-6-14(20-2)13(15)8-12/h5-6,8,11,16H,3-4,7,9-10H2,1-2H3/t11-/m0/s1. The van der Waals surface area contributed by atoms with Crippen LogP contribution in [0.15, 0.2) is 23.1 Å². The van der Waals surface area contributed by atoms with Crippen LogP contribution in [0.4, 0.5) is 0 Å². The van der Waals surface area contributed by atoms with Crippen LogP contribution in [-0.4, -0.2) is 46.5 Å². The number of rotatable bonds is 5. The quantitative estimate of drug-likeness (QED) is 0.895. The van der Waals surface area contributed by atoms with E-state index in [1.165, 1.54) is 13.2 Å². The van der Waals surface area contributed by atoms with Gasteiger partial charge >= 0.3 is 0 Å². The van der Waals surface area contributed by atoms with E-state index in [0.717, 1.165) is 19.4 Å². The summed E-state index contributed by atoms with van der Waals surface area (Å²) in [5, 5.41) is 3.42. The fraction of sp³-hybridized carbons (Fsp3) is 0.571. The van der Waals surface area contributed by atoms with Gasteiger partial charge in [0.1, 0.15) is 5.75 Å². The normalized spacial score (nSPS) is 20.4. The van der Waals surface area contributed by atoms with Crippen LogP contribution in [0.2, 0.25) is 5.02 Å². The van der Waals surface area contributed by atoms with E-state index in [4.69, 9.17) is 16.3 Å². The predicted octanol–water partition coefficient (Wildman–Crippen LogP) is 1.97. The van der Waals surface area contributed by atoms with Crippen LogP contribution < -0.4 is 10.1 Å². The highest BCUT2D eigenvalue weighted by molar-refractivity contribution is 7.89. The fourth-order valence-corrected chi connectivity index (χ4v) is 4.56. The molecule has 1 aliphatic rings. The minimum atomic E-state index is -3.50. The number of nitrogens with one attached hydrogen (secondary N) is 1. The van der Waals surface area contributed by atoms with E-state index in [0.29, 0.717) is 29.8 Å². The molecule has 5 nitrogen and oxygen atoms in total. The van der Waals surface area contributed by atoms with E-state index >= 15 is 0 Å². The summed E-state index contributed by atoms with van der Waals surface area (Å²) in [5.74, 6) is 0.828. The van der Waals surface area contributed by atoms with Crippen molar-refractivity contribution in [2.45, 2.75) is 17.7 Å². The van der Waals surface area contributed by atoms with Crippen LogP contribution in [0.1, 0.15) is 12.8 Å². The Labute approximate surface area is 131 Å². The highest BCUT2D eigenvalue weighted by Gasteiger charge is 2.30. The average molecular weight is 333 g/mol. The molecule has 0 aliphatic carbocycles. The molecule has 1 heterocycles. The molecular weight excluding hydrogens is 312 g/mol. The molecule has 1 fully saturated rings. The van der Waals surface area contributed by atoms with Gasteiger partial charge in [0, 0.05) is 13.1 Å². The summed E-state index contributed by atoms with van der Waals surface area (Å²) < 4.78 is 32.0. The van der Waals surface area contributed by atoms with Crippen LogP contribution >= 0.6 is 11.6 Å². The first kappa shape index (κ1) is 16.5. The van der Waals surface area contributed by atoms with Crippen molar-refractivity contribution in [2.75, 3.05) is 33.8 Å². The van der Waals surface area contributed by atoms with E-state index in [1.54, 1.807) is 16.4 Å². The molecule has 0 saturated carbocycles.